The monoisotopic (exact) mass is 250 g/mol. The van der Waals surface area contributed by atoms with Gasteiger partial charge in [0.2, 0.25) is 0 Å². The molecule has 0 aliphatic heterocycles. The summed E-state index contributed by atoms with van der Waals surface area (Å²) in [5, 5.41) is 19.9. The molecule has 1 fully saturated rings. The second kappa shape index (κ2) is 6.21. The number of aliphatic hydroxyl groups excluding tert-OH is 2. The van der Waals surface area contributed by atoms with E-state index in [4.69, 9.17) is 4.74 Å². The Bertz CT molecular complexity index is 378. The van der Waals surface area contributed by atoms with Gasteiger partial charge in [0, 0.05) is 5.56 Å². The molecule has 2 rings (SSSR count). The molecule has 3 atom stereocenters. The average molecular weight is 250 g/mol. The summed E-state index contributed by atoms with van der Waals surface area (Å²) in [5.41, 5.74) is 0.817. The third kappa shape index (κ3) is 3.03. The summed E-state index contributed by atoms with van der Waals surface area (Å²) in [6.07, 6.45) is 3.51. The normalized spacial score (nSPS) is 25.7. The minimum absolute atomic E-state index is 0.135. The predicted molar refractivity (Wildman–Crippen MR) is 70.6 cm³/mol. The maximum atomic E-state index is 9.96. The van der Waals surface area contributed by atoms with E-state index < -0.39 is 6.10 Å². The van der Waals surface area contributed by atoms with E-state index in [0.29, 0.717) is 12.2 Å². The third-order valence-electron chi connectivity index (χ3n) is 3.61. The first-order chi connectivity index (χ1) is 8.72. The lowest BCUT2D eigenvalue weighted by Crippen LogP contribution is -2.34. The molecule has 18 heavy (non-hydrogen) atoms. The Labute approximate surface area is 108 Å². The summed E-state index contributed by atoms with van der Waals surface area (Å²) in [6, 6.07) is 7.56. The fraction of sp³-hybridized carbons (Fsp3) is 0.600. The highest BCUT2D eigenvalue weighted by molar-refractivity contribution is 5.35. The summed E-state index contributed by atoms with van der Waals surface area (Å²) in [4.78, 5) is 0. The van der Waals surface area contributed by atoms with Gasteiger partial charge in [-0.25, -0.2) is 0 Å². The first-order valence-electron chi connectivity index (χ1n) is 6.84. The lowest BCUT2D eigenvalue weighted by Gasteiger charge is -2.29. The Morgan fingerprint density at radius 1 is 1.28 bits per heavy atom. The molecule has 3 heteroatoms. The van der Waals surface area contributed by atoms with E-state index in [2.05, 4.69) is 0 Å². The van der Waals surface area contributed by atoms with Crippen LogP contribution in [0.2, 0.25) is 0 Å². The minimum atomic E-state index is -0.498. The molecule has 1 aromatic carbocycles. The molecule has 0 amide bonds. The lowest BCUT2D eigenvalue weighted by molar-refractivity contribution is 0.00504. The van der Waals surface area contributed by atoms with Crippen LogP contribution in [0.15, 0.2) is 24.3 Å². The van der Waals surface area contributed by atoms with E-state index in [1.54, 1.807) is 0 Å². The van der Waals surface area contributed by atoms with Crippen molar-refractivity contribution in [3.63, 3.8) is 0 Å². The van der Waals surface area contributed by atoms with Crippen molar-refractivity contribution in [2.24, 2.45) is 0 Å². The number of benzene rings is 1. The Kier molecular flexibility index (Phi) is 4.61. The molecular formula is C15H22O3. The Balaban J connectivity index is 2.12. The molecule has 1 saturated carbocycles. The summed E-state index contributed by atoms with van der Waals surface area (Å²) < 4.78 is 5.91. The van der Waals surface area contributed by atoms with Crippen LogP contribution in [-0.4, -0.2) is 22.4 Å². The standard InChI is InChI=1S/C15H22O3/c1-2-12(16)11-7-3-5-9-14(11)18-15-10-6-4-8-13(15)17/h3,5,7,9,12-13,15-17H,2,4,6,8,10H2,1H3/t12-,13?,15?/m1/s1. The van der Waals surface area contributed by atoms with Gasteiger partial charge >= 0.3 is 0 Å². The van der Waals surface area contributed by atoms with Gasteiger partial charge in [0.15, 0.2) is 0 Å². The fourth-order valence-corrected chi connectivity index (χ4v) is 2.46. The fourth-order valence-electron chi connectivity index (χ4n) is 2.46. The predicted octanol–water partition coefficient (Wildman–Crippen LogP) is 2.81. The second-order valence-electron chi connectivity index (χ2n) is 4.97. The van der Waals surface area contributed by atoms with Crippen LogP contribution in [0.5, 0.6) is 5.75 Å². The average Bonchev–Trinajstić information content (AvgIpc) is 2.41. The van der Waals surface area contributed by atoms with Gasteiger partial charge in [-0.05, 0) is 31.7 Å². The molecule has 0 spiro atoms. The van der Waals surface area contributed by atoms with Gasteiger partial charge in [0.1, 0.15) is 11.9 Å². The van der Waals surface area contributed by atoms with Crippen LogP contribution in [-0.2, 0) is 0 Å². The summed E-state index contributed by atoms with van der Waals surface area (Å²) in [5.74, 6) is 0.706. The first kappa shape index (κ1) is 13.4. The molecule has 0 aromatic heterocycles. The van der Waals surface area contributed by atoms with E-state index in [9.17, 15) is 10.2 Å². The number of aliphatic hydroxyl groups is 2. The molecule has 2 unspecified atom stereocenters. The van der Waals surface area contributed by atoms with E-state index in [1.165, 1.54) is 0 Å². The maximum absolute atomic E-state index is 9.96. The Morgan fingerprint density at radius 2 is 2.00 bits per heavy atom. The lowest BCUT2D eigenvalue weighted by atomic mass is 9.94. The zero-order valence-electron chi connectivity index (χ0n) is 10.9. The molecule has 100 valence electrons. The van der Waals surface area contributed by atoms with Crippen molar-refractivity contribution in [2.75, 3.05) is 0 Å². The van der Waals surface area contributed by atoms with Crippen molar-refractivity contribution < 1.29 is 14.9 Å². The second-order valence-corrected chi connectivity index (χ2v) is 4.97. The molecule has 1 aliphatic rings. The molecule has 0 heterocycles. The van der Waals surface area contributed by atoms with E-state index in [-0.39, 0.29) is 12.2 Å². The molecule has 0 radical (unpaired) electrons. The van der Waals surface area contributed by atoms with Crippen LogP contribution in [0.25, 0.3) is 0 Å². The molecule has 0 saturated heterocycles. The van der Waals surface area contributed by atoms with Crippen LogP contribution in [0.4, 0.5) is 0 Å². The van der Waals surface area contributed by atoms with Crippen molar-refractivity contribution in [2.45, 2.75) is 57.3 Å². The summed E-state index contributed by atoms with van der Waals surface area (Å²) in [7, 11) is 0. The topological polar surface area (TPSA) is 49.7 Å². The van der Waals surface area contributed by atoms with Gasteiger partial charge in [-0.15, -0.1) is 0 Å². The number of hydrogen-bond donors (Lipinski definition) is 2. The van der Waals surface area contributed by atoms with Gasteiger partial charge in [-0.2, -0.15) is 0 Å². The molecule has 0 bridgehead atoms. The molecule has 1 aromatic rings. The van der Waals surface area contributed by atoms with E-state index in [0.717, 1.165) is 31.2 Å². The molecule has 3 nitrogen and oxygen atoms in total. The SMILES string of the molecule is CC[C@@H](O)c1ccccc1OC1CCCCC1O. The van der Waals surface area contributed by atoms with Gasteiger partial charge in [-0.1, -0.05) is 31.5 Å². The highest BCUT2D eigenvalue weighted by Gasteiger charge is 2.25. The highest BCUT2D eigenvalue weighted by Crippen LogP contribution is 2.30. The largest absolute Gasteiger partial charge is 0.487 e. The Hall–Kier alpha value is -1.06. The van der Waals surface area contributed by atoms with Gasteiger partial charge in [-0.3, -0.25) is 0 Å². The van der Waals surface area contributed by atoms with Crippen molar-refractivity contribution in [3.05, 3.63) is 29.8 Å². The smallest absolute Gasteiger partial charge is 0.125 e. The number of hydrogen-bond acceptors (Lipinski definition) is 3. The quantitative estimate of drug-likeness (QED) is 0.864. The van der Waals surface area contributed by atoms with Crippen LogP contribution in [0.3, 0.4) is 0 Å². The van der Waals surface area contributed by atoms with Crippen LogP contribution in [0, 0.1) is 0 Å². The zero-order chi connectivity index (χ0) is 13.0. The van der Waals surface area contributed by atoms with Crippen LogP contribution < -0.4 is 4.74 Å². The highest BCUT2D eigenvalue weighted by atomic mass is 16.5. The van der Waals surface area contributed by atoms with Crippen molar-refractivity contribution in [3.8, 4) is 5.75 Å². The van der Waals surface area contributed by atoms with Gasteiger partial charge < -0.3 is 14.9 Å². The van der Waals surface area contributed by atoms with Crippen LogP contribution in [0.1, 0.15) is 50.7 Å². The molecular weight excluding hydrogens is 228 g/mol. The number of ether oxygens (including phenoxy) is 1. The van der Waals surface area contributed by atoms with E-state index in [1.807, 2.05) is 31.2 Å². The van der Waals surface area contributed by atoms with Gasteiger partial charge in [0.05, 0.1) is 12.2 Å². The van der Waals surface area contributed by atoms with Crippen molar-refractivity contribution in [1.29, 1.82) is 0 Å². The molecule has 1 aliphatic carbocycles. The van der Waals surface area contributed by atoms with Crippen LogP contribution >= 0.6 is 0 Å². The summed E-state index contributed by atoms with van der Waals surface area (Å²) >= 11 is 0. The summed E-state index contributed by atoms with van der Waals surface area (Å²) in [6.45, 7) is 1.94. The number of para-hydroxylation sites is 1. The third-order valence-corrected chi connectivity index (χ3v) is 3.61. The van der Waals surface area contributed by atoms with E-state index >= 15 is 0 Å². The van der Waals surface area contributed by atoms with Gasteiger partial charge in [0.25, 0.3) is 0 Å². The minimum Gasteiger partial charge on any atom is -0.487 e. The maximum Gasteiger partial charge on any atom is 0.125 e. The number of rotatable bonds is 4. The Morgan fingerprint density at radius 3 is 2.72 bits per heavy atom. The van der Waals surface area contributed by atoms with Crippen molar-refractivity contribution >= 4 is 0 Å². The van der Waals surface area contributed by atoms with Crippen molar-refractivity contribution in [1.82, 2.24) is 0 Å². The molecule has 2 N–H and O–H groups in total. The zero-order valence-corrected chi connectivity index (χ0v) is 10.9. The first-order valence-corrected chi connectivity index (χ1v) is 6.84.